The summed E-state index contributed by atoms with van der Waals surface area (Å²) in [4.78, 5) is 43.6. The van der Waals surface area contributed by atoms with Crippen LogP contribution in [0.1, 0.15) is 248 Å². The van der Waals surface area contributed by atoms with Gasteiger partial charge in [0.1, 0.15) is 12.7 Å². The van der Waals surface area contributed by atoms with Gasteiger partial charge in [-0.1, -0.05) is 156 Å². The maximum absolute atomic E-state index is 13.2. The van der Waals surface area contributed by atoms with Crippen LogP contribution in [0.3, 0.4) is 0 Å². The first-order valence-electron chi connectivity index (χ1n) is 26.1. The predicted octanol–water partition coefficient (Wildman–Crippen LogP) is 14.3. The number of hydrogen-bond acceptors (Lipinski definition) is 8. The first kappa shape index (κ1) is 59.3. The fraction of sp³-hybridized carbons (Fsp3) is 0.943. The van der Waals surface area contributed by atoms with Gasteiger partial charge in [0, 0.05) is 13.1 Å². The van der Waals surface area contributed by atoms with Crippen molar-refractivity contribution in [2.45, 2.75) is 254 Å². The Labute approximate surface area is 379 Å². The summed E-state index contributed by atoms with van der Waals surface area (Å²) in [5.74, 6) is 0.367. The molecule has 0 aromatic heterocycles. The molecule has 0 amide bonds. The minimum absolute atomic E-state index is 0.0691. The van der Waals surface area contributed by atoms with E-state index in [1.54, 1.807) is 0 Å². The Morgan fingerprint density at radius 1 is 0.459 bits per heavy atom. The molecule has 0 saturated carbocycles. The number of unbranched alkanes of at least 4 members (excludes halogenated alkanes) is 16. The monoisotopic (exact) mass is 865 g/mol. The van der Waals surface area contributed by atoms with Crippen LogP contribution < -0.4 is 0 Å². The second kappa shape index (κ2) is 38.8. The first-order valence-corrected chi connectivity index (χ1v) is 26.1. The van der Waals surface area contributed by atoms with Crippen LogP contribution in [-0.4, -0.2) is 87.3 Å². The van der Waals surface area contributed by atoms with Gasteiger partial charge in [0.05, 0.1) is 23.9 Å². The lowest BCUT2D eigenvalue weighted by Crippen LogP contribution is -2.33. The summed E-state index contributed by atoms with van der Waals surface area (Å²) in [6, 6.07) is 0. The van der Waals surface area contributed by atoms with Gasteiger partial charge >= 0.3 is 17.9 Å². The zero-order valence-electron chi connectivity index (χ0n) is 42.5. The fourth-order valence-corrected chi connectivity index (χ4v) is 8.25. The molecule has 0 aliphatic heterocycles. The maximum atomic E-state index is 13.2. The molecule has 0 spiro atoms. The van der Waals surface area contributed by atoms with E-state index in [0.29, 0.717) is 32.1 Å². The van der Waals surface area contributed by atoms with Crippen LogP contribution in [0.25, 0.3) is 0 Å². The Kier molecular flexibility index (Phi) is 37.7. The Hall–Kier alpha value is -1.67. The molecule has 0 fully saturated rings. The van der Waals surface area contributed by atoms with E-state index in [2.05, 4.69) is 32.6 Å². The number of ether oxygens (including phenoxy) is 3. The van der Waals surface area contributed by atoms with E-state index >= 15 is 0 Å². The summed E-state index contributed by atoms with van der Waals surface area (Å²) in [5.41, 5.74) is -1.02. The fourth-order valence-electron chi connectivity index (χ4n) is 8.25. The molecule has 0 radical (unpaired) electrons. The second-order valence-electron chi connectivity index (χ2n) is 20.2. The highest BCUT2D eigenvalue weighted by Crippen LogP contribution is 2.29. The third kappa shape index (κ3) is 34.4. The summed E-state index contributed by atoms with van der Waals surface area (Å²) < 4.78 is 17.8. The summed E-state index contributed by atoms with van der Waals surface area (Å²) in [6.45, 7) is 21.8. The normalized spacial score (nSPS) is 12.7. The topological polar surface area (TPSA) is 85.4 Å². The van der Waals surface area contributed by atoms with Crippen LogP contribution in [0.5, 0.6) is 0 Å². The number of nitrogens with zero attached hydrogens (tertiary/aromatic N) is 2. The van der Waals surface area contributed by atoms with Crippen molar-refractivity contribution < 1.29 is 28.6 Å². The minimum atomic E-state index is -0.518. The molecule has 0 aromatic rings. The highest BCUT2D eigenvalue weighted by molar-refractivity contribution is 5.76. The lowest BCUT2D eigenvalue weighted by Gasteiger charge is -2.25. The Balaban J connectivity index is 4.84. The van der Waals surface area contributed by atoms with E-state index in [9.17, 15) is 14.4 Å². The zero-order chi connectivity index (χ0) is 45.6. The molecular weight excluding hydrogens is 761 g/mol. The molecule has 8 heteroatoms. The van der Waals surface area contributed by atoms with Gasteiger partial charge in [0.25, 0.3) is 0 Å². The molecule has 0 aliphatic carbocycles. The molecule has 0 heterocycles. The third-order valence-electron chi connectivity index (χ3n) is 12.8. The maximum Gasteiger partial charge on any atom is 0.311 e. The van der Waals surface area contributed by atoms with Gasteiger partial charge in [-0.15, -0.1) is 0 Å². The summed E-state index contributed by atoms with van der Waals surface area (Å²) in [6.07, 6.45) is 33.2. The average Bonchev–Trinajstić information content (AvgIpc) is 3.22. The van der Waals surface area contributed by atoms with Gasteiger partial charge in [-0.2, -0.15) is 0 Å². The Morgan fingerprint density at radius 2 is 0.869 bits per heavy atom. The summed E-state index contributed by atoms with van der Waals surface area (Å²) in [7, 11) is 3.95. The Morgan fingerprint density at radius 3 is 1.31 bits per heavy atom. The molecule has 0 aliphatic rings. The van der Waals surface area contributed by atoms with Gasteiger partial charge in [-0.25, -0.2) is 0 Å². The van der Waals surface area contributed by atoms with Crippen LogP contribution in [0, 0.1) is 16.7 Å². The van der Waals surface area contributed by atoms with Crippen molar-refractivity contribution in [3.63, 3.8) is 0 Å². The molecule has 362 valence electrons. The molecule has 1 atom stereocenters. The minimum Gasteiger partial charge on any atom is -0.465 e. The number of hydrogen-bond donors (Lipinski definition) is 0. The van der Waals surface area contributed by atoms with Crippen molar-refractivity contribution >= 4 is 17.9 Å². The number of esters is 3. The molecule has 0 aromatic carbocycles. The van der Waals surface area contributed by atoms with Crippen molar-refractivity contribution in [3.05, 3.63) is 0 Å². The van der Waals surface area contributed by atoms with E-state index in [-0.39, 0.29) is 24.0 Å². The molecular formula is C53H104N2O6. The SMILES string of the molecule is CCCCCCC(CCCCCC)CCOC(=O)C(C)(C)CCCCCC(CCCCCC(C)(C)C(=O)OCCN(CCCCCC)CCCCCC)OC(=O)CCN(C)C. The van der Waals surface area contributed by atoms with Gasteiger partial charge in [-0.05, 0) is 119 Å². The van der Waals surface area contributed by atoms with Crippen molar-refractivity contribution in [1.29, 1.82) is 0 Å². The van der Waals surface area contributed by atoms with E-state index in [0.717, 1.165) is 90.3 Å². The van der Waals surface area contributed by atoms with Crippen LogP contribution in [0.15, 0.2) is 0 Å². The molecule has 0 saturated heterocycles. The highest BCUT2D eigenvalue weighted by Gasteiger charge is 2.30. The lowest BCUT2D eigenvalue weighted by molar-refractivity contribution is -0.155. The van der Waals surface area contributed by atoms with E-state index in [1.807, 2.05) is 46.7 Å². The average molecular weight is 865 g/mol. The molecule has 0 rings (SSSR count). The number of carbonyl (C=O) groups excluding carboxylic acids is 3. The smallest absolute Gasteiger partial charge is 0.311 e. The van der Waals surface area contributed by atoms with E-state index in [1.165, 1.54) is 116 Å². The number of rotatable bonds is 44. The van der Waals surface area contributed by atoms with E-state index < -0.39 is 10.8 Å². The van der Waals surface area contributed by atoms with Crippen molar-refractivity contribution in [2.75, 3.05) is 53.5 Å². The van der Waals surface area contributed by atoms with Gasteiger partial charge in [0.2, 0.25) is 0 Å². The largest absolute Gasteiger partial charge is 0.465 e. The summed E-state index contributed by atoms with van der Waals surface area (Å²) >= 11 is 0. The molecule has 0 bridgehead atoms. The second-order valence-corrected chi connectivity index (χ2v) is 20.2. The van der Waals surface area contributed by atoms with Crippen LogP contribution >= 0.6 is 0 Å². The van der Waals surface area contributed by atoms with Crippen LogP contribution in [-0.2, 0) is 28.6 Å². The quantitative estimate of drug-likeness (QED) is 0.0340. The van der Waals surface area contributed by atoms with Crippen LogP contribution in [0.4, 0.5) is 0 Å². The van der Waals surface area contributed by atoms with Gasteiger partial charge in [-0.3, -0.25) is 19.3 Å². The zero-order valence-corrected chi connectivity index (χ0v) is 42.5. The molecule has 8 nitrogen and oxygen atoms in total. The lowest BCUT2D eigenvalue weighted by atomic mass is 9.86. The Bertz CT molecular complexity index is 954. The van der Waals surface area contributed by atoms with Crippen LogP contribution in [0.2, 0.25) is 0 Å². The van der Waals surface area contributed by atoms with Crippen molar-refractivity contribution in [3.8, 4) is 0 Å². The highest BCUT2D eigenvalue weighted by atomic mass is 16.5. The molecule has 61 heavy (non-hydrogen) atoms. The van der Waals surface area contributed by atoms with Crippen molar-refractivity contribution in [2.24, 2.45) is 16.7 Å². The third-order valence-corrected chi connectivity index (χ3v) is 12.8. The first-order chi connectivity index (χ1) is 29.2. The van der Waals surface area contributed by atoms with Crippen molar-refractivity contribution in [1.82, 2.24) is 9.80 Å². The van der Waals surface area contributed by atoms with E-state index in [4.69, 9.17) is 14.2 Å². The van der Waals surface area contributed by atoms with Gasteiger partial charge < -0.3 is 19.1 Å². The van der Waals surface area contributed by atoms with Gasteiger partial charge in [0.15, 0.2) is 0 Å². The number of carbonyl (C=O) groups is 3. The standard InChI is InChI=1S/C53H104N2O6/c1-11-15-19-25-33-47(34-26-20-16-12-2)38-45-59-50(57)52(5,6)39-29-23-27-35-48(61-49(56)37-43-54(9)10)36-28-24-30-40-53(7,8)51(58)60-46-44-55(41-31-21-17-13-3)42-32-22-18-14-4/h47-48H,11-46H2,1-10H3. The molecule has 0 N–H and O–H groups in total. The molecule has 1 unspecified atom stereocenters. The summed E-state index contributed by atoms with van der Waals surface area (Å²) in [5, 5.41) is 0. The predicted molar refractivity (Wildman–Crippen MR) is 259 cm³/mol.